The molecule has 23 heavy (non-hydrogen) atoms. The normalized spacial score (nSPS) is 27.3. The van der Waals surface area contributed by atoms with Crippen LogP contribution in [0.1, 0.15) is 20.8 Å². The third-order valence-corrected chi connectivity index (χ3v) is 4.93. The standard InChI is InChI=1S/C16H26N4O3/c1-6-11(21)19-7-8-20(14-10(4)13(14)19)16(23)18(5)12(9(2)3)15(17)22/h6,9-10,12-14H,1,7-8H2,2-5H3,(H2,17,22)/t10-,12+,13+,14-/m1/s1. The largest absolute Gasteiger partial charge is 0.368 e. The molecule has 7 heteroatoms. The van der Waals surface area contributed by atoms with Gasteiger partial charge in [-0.25, -0.2) is 4.79 Å². The predicted molar refractivity (Wildman–Crippen MR) is 86.3 cm³/mol. The number of nitrogens with zero attached hydrogens (tertiary/aromatic N) is 3. The molecule has 0 radical (unpaired) electrons. The Labute approximate surface area is 137 Å². The van der Waals surface area contributed by atoms with Crippen molar-refractivity contribution in [2.45, 2.75) is 38.9 Å². The number of likely N-dealkylation sites (N-methyl/N-ethyl adjacent to an activating group) is 1. The number of amides is 4. The van der Waals surface area contributed by atoms with Crippen molar-refractivity contribution in [2.75, 3.05) is 20.1 Å². The van der Waals surface area contributed by atoms with E-state index in [0.29, 0.717) is 13.1 Å². The van der Waals surface area contributed by atoms with Crippen molar-refractivity contribution in [1.82, 2.24) is 14.7 Å². The van der Waals surface area contributed by atoms with Crippen molar-refractivity contribution in [3.63, 3.8) is 0 Å². The topological polar surface area (TPSA) is 87.0 Å². The van der Waals surface area contributed by atoms with E-state index >= 15 is 0 Å². The van der Waals surface area contributed by atoms with E-state index in [-0.39, 0.29) is 35.9 Å². The second-order valence-electron chi connectivity index (χ2n) is 6.75. The summed E-state index contributed by atoms with van der Waals surface area (Å²) in [6.45, 7) is 10.2. The van der Waals surface area contributed by atoms with Gasteiger partial charge in [0.1, 0.15) is 6.04 Å². The predicted octanol–water partition coefficient (Wildman–Crippen LogP) is 0.265. The van der Waals surface area contributed by atoms with E-state index in [4.69, 9.17) is 5.73 Å². The Morgan fingerprint density at radius 1 is 1.22 bits per heavy atom. The van der Waals surface area contributed by atoms with Crippen molar-refractivity contribution in [3.05, 3.63) is 12.7 Å². The van der Waals surface area contributed by atoms with Crippen LogP contribution >= 0.6 is 0 Å². The van der Waals surface area contributed by atoms with Gasteiger partial charge in [-0.1, -0.05) is 27.4 Å². The lowest BCUT2D eigenvalue weighted by Crippen LogP contribution is -2.57. The van der Waals surface area contributed by atoms with Crippen molar-refractivity contribution in [1.29, 1.82) is 0 Å². The van der Waals surface area contributed by atoms with Crippen LogP contribution in [0.5, 0.6) is 0 Å². The molecule has 1 heterocycles. The molecule has 0 aromatic heterocycles. The number of hydrogen-bond donors (Lipinski definition) is 1. The van der Waals surface area contributed by atoms with Crippen LogP contribution in [0.15, 0.2) is 12.7 Å². The smallest absolute Gasteiger partial charge is 0.320 e. The summed E-state index contributed by atoms with van der Waals surface area (Å²) < 4.78 is 0. The highest BCUT2D eigenvalue weighted by molar-refractivity contribution is 5.89. The summed E-state index contributed by atoms with van der Waals surface area (Å²) in [5.74, 6) is -0.430. The summed E-state index contributed by atoms with van der Waals surface area (Å²) in [7, 11) is 1.61. The third-order valence-electron chi connectivity index (χ3n) is 4.93. The fraction of sp³-hybridized carbons (Fsp3) is 0.688. The lowest BCUT2D eigenvalue weighted by Gasteiger charge is -2.38. The number of piperazine rings is 1. The van der Waals surface area contributed by atoms with Gasteiger partial charge in [0.15, 0.2) is 0 Å². The van der Waals surface area contributed by atoms with Crippen molar-refractivity contribution in [2.24, 2.45) is 17.6 Å². The van der Waals surface area contributed by atoms with Crippen LogP contribution in [0.2, 0.25) is 0 Å². The summed E-state index contributed by atoms with van der Waals surface area (Å²) in [6.07, 6.45) is 1.31. The summed E-state index contributed by atoms with van der Waals surface area (Å²) in [5.41, 5.74) is 5.44. The molecule has 0 aromatic carbocycles. The van der Waals surface area contributed by atoms with Gasteiger partial charge in [-0.2, -0.15) is 0 Å². The maximum absolute atomic E-state index is 12.8. The molecule has 1 aliphatic heterocycles. The van der Waals surface area contributed by atoms with Gasteiger partial charge in [0.25, 0.3) is 0 Å². The molecule has 7 nitrogen and oxygen atoms in total. The molecule has 0 aromatic rings. The van der Waals surface area contributed by atoms with E-state index in [1.54, 1.807) is 16.8 Å². The van der Waals surface area contributed by atoms with Gasteiger partial charge in [0.2, 0.25) is 11.8 Å². The maximum Gasteiger partial charge on any atom is 0.320 e. The van der Waals surface area contributed by atoms with Gasteiger partial charge in [0.05, 0.1) is 12.1 Å². The van der Waals surface area contributed by atoms with Gasteiger partial charge >= 0.3 is 6.03 Å². The minimum Gasteiger partial charge on any atom is -0.368 e. The number of nitrogens with two attached hydrogens (primary N) is 1. The summed E-state index contributed by atoms with van der Waals surface area (Å²) in [6, 6.07) is -0.795. The number of hydrogen-bond acceptors (Lipinski definition) is 3. The Morgan fingerprint density at radius 3 is 2.22 bits per heavy atom. The van der Waals surface area contributed by atoms with E-state index in [2.05, 4.69) is 6.58 Å². The Bertz CT molecular complexity index is 533. The molecule has 4 amide bonds. The zero-order chi connectivity index (χ0) is 17.5. The summed E-state index contributed by atoms with van der Waals surface area (Å²) >= 11 is 0. The molecule has 4 atom stereocenters. The Morgan fingerprint density at radius 2 is 1.74 bits per heavy atom. The number of carbonyl (C=O) groups is 3. The molecule has 1 saturated heterocycles. The average Bonchev–Trinajstić information content (AvgIpc) is 3.16. The zero-order valence-electron chi connectivity index (χ0n) is 14.2. The molecule has 1 saturated carbocycles. The second-order valence-corrected chi connectivity index (χ2v) is 6.75. The maximum atomic E-state index is 12.8. The van der Waals surface area contributed by atoms with E-state index in [1.807, 2.05) is 20.8 Å². The zero-order valence-corrected chi connectivity index (χ0v) is 14.2. The lowest BCUT2D eigenvalue weighted by molar-refractivity contribution is -0.128. The Hall–Kier alpha value is -2.05. The highest BCUT2D eigenvalue weighted by Gasteiger charge is 2.59. The number of urea groups is 1. The molecule has 0 spiro atoms. The van der Waals surface area contributed by atoms with Crippen molar-refractivity contribution < 1.29 is 14.4 Å². The third kappa shape index (κ3) is 2.92. The number of primary amides is 1. The van der Waals surface area contributed by atoms with Gasteiger partial charge in [-0.3, -0.25) is 9.59 Å². The number of rotatable bonds is 4. The molecule has 0 unspecified atom stereocenters. The molecule has 0 bridgehead atoms. The highest BCUT2D eigenvalue weighted by Crippen LogP contribution is 2.43. The van der Waals surface area contributed by atoms with Crippen LogP contribution in [0.25, 0.3) is 0 Å². The van der Waals surface area contributed by atoms with Crippen LogP contribution in [-0.2, 0) is 9.59 Å². The van der Waals surface area contributed by atoms with E-state index in [0.717, 1.165) is 0 Å². The minimum atomic E-state index is -0.636. The van der Waals surface area contributed by atoms with Crippen LogP contribution in [-0.4, -0.2) is 70.8 Å². The van der Waals surface area contributed by atoms with Crippen LogP contribution in [0.4, 0.5) is 4.79 Å². The van der Waals surface area contributed by atoms with Crippen molar-refractivity contribution in [3.8, 4) is 0 Å². The van der Waals surface area contributed by atoms with E-state index in [9.17, 15) is 14.4 Å². The van der Waals surface area contributed by atoms with Crippen LogP contribution in [0, 0.1) is 11.8 Å². The monoisotopic (exact) mass is 322 g/mol. The van der Waals surface area contributed by atoms with Crippen molar-refractivity contribution >= 4 is 17.8 Å². The minimum absolute atomic E-state index is 0.00305. The first-order valence-corrected chi connectivity index (χ1v) is 7.98. The SMILES string of the molecule is C=CC(=O)N1CCN(C(=O)N(C)[C@H](C(N)=O)C(C)C)[C@@H]2[C@H](C)[C@@H]21. The first kappa shape index (κ1) is 17.3. The van der Waals surface area contributed by atoms with E-state index in [1.165, 1.54) is 11.0 Å². The fourth-order valence-corrected chi connectivity index (χ4v) is 3.76. The first-order valence-electron chi connectivity index (χ1n) is 7.98. The van der Waals surface area contributed by atoms with E-state index < -0.39 is 11.9 Å². The first-order chi connectivity index (χ1) is 10.7. The van der Waals surface area contributed by atoms with Gasteiger partial charge < -0.3 is 20.4 Å². The quantitative estimate of drug-likeness (QED) is 0.754. The molecule has 128 valence electrons. The molecule has 2 aliphatic rings. The van der Waals surface area contributed by atoms with Gasteiger partial charge in [-0.15, -0.1) is 0 Å². The summed E-state index contributed by atoms with van der Waals surface area (Å²) in [5, 5.41) is 0. The number of carbonyl (C=O) groups excluding carboxylic acids is 3. The molecular weight excluding hydrogens is 296 g/mol. The fourth-order valence-electron chi connectivity index (χ4n) is 3.76. The molecule has 2 rings (SSSR count). The molecule has 2 fully saturated rings. The number of fused-ring (bicyclic) bond motifs is 1. The van der Waals surface area contributed by atoms with Crippen LogP contribution in [0.3, 0.4) is 0 Å². The lowest BCUT2D eigenvalue weighted by atomic mass is 10.0. The Kier molecular flexibility index (Phi) is 4.68. The molecule has 2 N–H and O–H groups in total. The highest BCUT2D eigenvalue weighted by atomic mass is 16.2. The van der Waals surface area contributed by atoms with Gasteiger partial charge in [-0.05, 0) is 12.0 Å². The second kappa shape index (κ2) is 6.22. The molecular formula is C16H26N4O3. The van der Waals surface area contributed by atoms with Gasteiger partial charge in [0, 0.05) is 26.1 Å². The average molecular weight is 322 g/mol. The molecule has 1 aliphatic carbocycles. The van der Waals surface area contributed by atoms with Crippen LogP contribution < -0.4 is 5.73 Å². The Balaban J connectivity index is 2.12. The summed E-state index contributed by atoms with van der Waals surface area (Å²) in [4.78, 5) is 41.3.